The third kappa shape index (κ3) is 3.55. The molecule has 1 heterocycles. The molecule has 0 radical (unpaired) electrons. The van der Waals surface area contributed by atoms with Crippen LogP contribution >= 0.6 is 11.8 Å². The van der Waals surface area contributed by atoms with Gasteiger partial charge < -0.3 is 9.67 Å². The fourth-order valence-corrected chi connectivity index (χ4v) is 4.22. The highest BCUT2D eigenvalue weighted by Crippen LogP contribution is 2.37. The Morgan fingerprint density at radius 2 is 1.68 bits per heavy atom. The van der Waals surface area contributed by atoms with Gasteiger partial charge in [-0.3, -0.25) is 0 Å². The number of imidazole rings is 1. The van der Waals surface area contributed by atoms with Gasteiger partial charge in [0.1, 0.15) is 17.5 Å². The van der Waals surface area contributed by atoms with Gasteiger partial charge in [-0.2, -0.15) is 0 Å². The van der Waals surface area contributed by atoms with Crippen molar-refractivity contribution in [2.24, 2.45) is 0 Å². The van der Waals surface area contributed by atoms with Crippen LogP contribution in [0.3, 0.4) is 0 Å². The normalized spacial score (nSPS) is 11.7. The summed E-state index contributed by atoms with van der Waals surface area (Å²) in [4.78, 5) is 5.91. The van der Waals surface area contributed by atoms with Crippen molar-refractivity contribution in [2.45, 2.75) is 70.0 Å². The zero-order valence-electron chi connectivity index (χ0n) is 14.3. The van der Waals surface area contributed by atoms with Crippen LogP contribution in [0.4, 0.5) is 0 Å². The lowest BCUT2D eigenvalue weighted by Gasteiger charge is -2.16. The van der Waals surface area contributed by atoms with Gasteiger partial charge in [0.25, 0.3) is 0 Å². The lowest BCUT2D eigenvalue weighted by molar-refractivity contribution is 0.260. The number of benzene rings is 1. The van der Waals surface area contributed by atoms with E-state index in [1.165, 1.54) is 16.0 Å². The molecule has 2 rings (SSSR count). The first-order valence-corrected chi connectivity index (χ1v) is 8.63. The van der Waals surface area contributed by atoms with Crippen molar-refractivity contribution < 1.29 is 5.11 Å². The van der Waals surface area contributed by atoms with E-state index in [1.807, 2.05) is 0 Å². The second-order valence-corrected chi connectivity index (χ2v) is 7.48. The first-order valence-electron chi connectivity index (χ1n) is 7.81. The number of aromatic nitrogens is 2. The molecule has 1 aromatic heterocycles. The van der Waals surface area contributed by atoms with Gasteiger partial charge in [0.2, 0.25) is 0 Å². The maximum atomic E-state index is 9.65. The zero-order chi connectivity index (χ0) is 16.4. The van der Waals surface area contributed by atoms with Crippen molar-refractivity contribution in [3.05, 3.63) is 40.8 Å². The molecule has 0 bridgehead atoms. The highest BCUT2D eigenvalue weighted by atomic mass is 32.2. The number of aliphatic hydroxyl groups excluding tert-OH is 1. The smallest absolute Gasteiger partial charge is 0.135 e. The number of hydrogen-bond acceptors (Lipinski definition) is 3. The summed E-state index contributed by atoms with van der Waals surface area (Å²) in [6.07, 6.45) is 0. The number of rotatable bonds is 5. The van der Waals surface area contributed by atoms with E-state index in [1.54, 1.807) is 11.8 Å². The van der Waals surface area contributed by atoms with Gasteiger partial charge in [0.05, 0.1) is 5.69 Å². The summed E-state index contributed by atoms with van der Waals surface area (Å²) in [6.45, 7) is 12.8. The van der Waals surface area contributed by atoms with Crippen molar-refractivity contribution in [3.8, 4) is 0 Å². The molecule has 0 fully saturated rings. The van der Waals surface area contributed by atoms with Crippen LogP contribution in [0.1, 0.15) is 62.3 Å². The summed E-state index contributed by atoms with van der Waals surface area (Å²) >= 11 is 1.75. The Hall–Kier alpha value is -1.26. The van der Waals surface area contributed by atoms with Crippen LogP contribution in [0.2, 0.25) is 0 Å². The van der Waals surface area contributed by atoms with Crippen LogP contribution in [-0.4, -0.2) is 14.7 Å². The predicted octanol–water partition coefficient (Wildman–Crippen LogP) is 4.85. The molecule has 1 N–H and O–H groups in total. The van der Waals surface area contributed by atoms with Gasteiger partial charge in [-0.1, -0.05) is 31.7 Å². The molecule has 0 aliphatic carbocycles. The van der Waals surface area contributed by atoms with Crippen molar-refractivity contribution in [1.82, 2.24) is 9.55 Å². The molecule has 22 heavy (non-hydrogen) atoms. The first-order chi connectivity index (χ1) is 10.3. The molecule has 0 atom stereocenters. The minimum atomic E-state index is -0.0225. The van der Waals surface area contributed by atoms with Crippen molar-refractivity contribution in [1.29, 1.82) is 0 Å². The van der Waals surface area contributed by atoms with Crippen LogP contribution in [-0.2, 0) is 6.61 Å². The lowest BCUT2D eigenvalue weighted by atomic mass is 10.1. The summed E-state index contributed by atoms with van der Waals surface area (Å²) in [7, 11) is 0. The molecule has 0 spiro atoms. The van der Waals surface area contributed by atoms with Gasteiger partial charge in [0, 0.05) is 10.9 Å². The minimum absolute atomic E-state index is 0.0225. The first kappa shape index (κ1) is 17.1. The molecular weight excluding hydrogens is 292 g/mol. The largest absolute Gasteiger partial charge is 0.388 e. The number of aliphatic hydroxyl groups is 1. The Morgan fingerprint density at radius 1 is 1.09 bits per heavy atom. The number of aryl methyl sites for hydroxylation is 2. The van der Waals surface area contributed by atoms with E-state index < -0.39 is 0 Å². The van der Waals surface area contributed by atoms with E-state index >= 15 is 0 Å². The molecule has 1 aromatic carbocycles. The SMILES string of the molecule is Cc1cc(C)cc(Sc2c(C(C)C)nc(CO)n2C(C)C)c1. The third-order valence-corrected chi connectivity index (χ3v) is 4.65. The third-order valence-electron chi connectivity index (χ3n) is 3.58. The summed E-state index contributed by atoms with van der Waals surface area (Å²) < 4.78 is 2.16. The van der Waals surface area contributed by atoms with Crippen molar-refractivity contribution in [2.75, 3.05) is 0 Å². The van der Waals surface area contributed by atoms with Crippen molar-refractivity contribution in [3.63, 3.8) is 0 Å². The monoisotopic (exact) mass is 318 g/mol. The maximum absolute atomic E-state index is 9.65. The van der Waals surface area contributed by atoms with E-state index in [-0.39, 0.29) is 12.6 Å². The molecule has 120 valence electrons. The highest BCUT2D eigenvalue weighted by molar-refractivity contribution is 7.99. The quantitative estimate of drug-likeness (QED) is 0.856. The Kier molecular flexibility index (Phi) is 5.35. The molecule has 0 unspecified atom stereocenters. The molecule has 0 saturated heterocycles. The van der Waals surface area contributed by atoms with Crippen LogP contribution in [0.15, 0.2) is 28.1 Å². The average molecular weight is 318 g/mol. The Morgan fingerprint density at radius 3 is 2.14 bits per heavy atom. The van der Waals surface area contributed by atoms with Crippen LogP contribution < -0.4 is 0 Å². The summed E-state index contributed by atoms with van der Waals surface area (Å²) in [5, 5.41) is 10.8. The molecule has 4 heteroatoms. The van der Waals surface area contributed by atoms with Crippen molar-refractivity contribution >= 4 is 11.8 Å². The van der Waals surface area contributed by atoms with E-state index in [0.29, 0.717) is 5.92 Å². The average Bonchev–Trinajstić information content (AvgIpc) is 2.76. The maximum Gasteiger partial charge on any atom is 0.135 e. The second kappa shape index (κ2) is 6.88. The van der Waals surface area contributed by atoms with E-state index in [4.69, 9.17) is 0 Å². The van der Waals surface area contributed by atoms with E-state index in [2.05, 4.69) is 69.3 Å². The molecule has 0 amide bonds. The molecule has 0 aliphatic heterocycles. The fraction of sp³-hybridized carbons (Fsp3) is 0.500. The Labute approximate surface area is 137 Å². The van der Waals surface area contributed by atoms with Crippen LogP contribution in [0.5, 0.6) is 0 Å². The molecule has 3 nitrogen and oxygen atoms in total. The topological polar surface area (TPSA) is 38.1 Å². The highest BCUT2D eigenvalue weighted by Gasteiger charge is 2.21. The van der Waals surface area contributed by atoms with Gasteiger partial charge in [-0.15, -0.1) is 0 Å². The van der Waals surface area contributed by atoms with Gasteiger partial charge >= 0.3 is 0 Å². The molecular formula is C18H26N2OS. The standard InChI is InChI=1S/C18H26N2OS/c1-11(2)17-18(20(12(3)4)16(10-21)19-17)22-15-8-13(5)7-14(6)9-15/h7-9,11-12,21H,10H2,1-6H3. The summed E-state index contributed by atoms with van der Waals surface area (Å²) in [6, 6.07) is 6.87. The zero-order valence-corrected chi connectivity index (χ0v) is 15.2. The lowest BCUT2D eigenvalue weighted by Crippen LogP contribution is -2.07. The predicted molar refractivity (Wildman–Crippen MR) is 92.7 cm³/mol. The van der Waals surface area contributed by atoms with E-state index in [9.17, 15) is 5.11 Å². The van der Waals surface area contributed by atoms with Gasteiger partial charge in [-0.05, 0) is 56.9 Å². The Balaban J connectivity index is 2.54. The van der Waals surface area contributed by atoms with Crippen LogP contribution in [0, 0.1) is 13.8 Å². The summed E-state index contributed by atoms with van der Waals surface area (Å²) in [5.74, 6) is 1.09. The number of hydrogen-bond donors (Lipinski definition) is 1. The minimum Gasteiger partial charge on any atom is -0.388 e. The fourth-order valence-electron chi connectivity index (χ4n) is 2.71. The molecule has 0 saturated carbocycles. The van der Waals surface area contributed by atoms with Gasteiger partial charge in [-0.25, -0.2) is 4.98 Å². The Bertz CT molecular complexity index is 639. The molecule has 2 aromatic rings. The van der Waals surface area contributed by atoms with Gasteiger partial charge in [0.15, 0.2) is 0 Å². The van der Waals surface area contributed by atoms with Crippen LogP contribution in [0.25, 0.3) is 0 Å². The summed E-state index contributed by atoms with van der Waals surface area (Å²) in [5.41, 5.74) is 3.61. The second-order valence-electron chi connectivity index (χ2n) is 6.42. The number of nitrogens with zero attached hydrogens (tertiary/aromatic N) is 2. The van der Waals surface area contributed by atoms with E-state index in [0.717, 1.165) is 16.5 Å². The molecule has 0 aliphatic rings.